The minimum atomic E-state index is 0.241. The first-order valence-electron chi connectivity index (χ1n) is 5.54. The fraction of sp³-hybridized carbons (Fsp3) is 0.769. The SMILES string of the molecule is CCN(CC)CC(C)=C=CC(C)(C)C. The fourth-order valence-corrected chi connectivity index (χ4v) is 1.17. The second kappa shape index (κ2) is 6.06. The molecule has 0 aromatic heterocycles. The summed E-state index contributed by atoms with van der Waals surface area (Å²) >= 11 is 0. The van der Waals surface area contributed by atoms with Crippen molar-refractivity contribution in [3.05, 3.63) is 17.4 Å². The molecule has 0 heterocycles. The van der Waals surface area contributed by atoms with Crippen molar-refractivity contribution in [3.8, 4) is 0 Å². The van der Waals surface area contributed by atoms with Crippen LogP contribution in [0.3, 0.4) is 0 Å². The maximum absolute atomic E-state index is 3.37. The van der Waals surface area contributed by atoms with Crippen LogP contribution in [0.1, 0.15) is 41.5 Å². The summed E-state index contributed by atoms with van der Waals surface area (Å²) in [4.78, 5) is 2.40. The molecule has 82 valence electrons. The predicted octanol–water partition coefficient (Wildman–Crippen LogP) is 3.48. The predicted molar refractivity (Wildman–Crippen MR) is 64.5 cm³/mol. The lowest BCUT2D eigenvalue weighted by atomic mass is 9.97. The number of likely N-dealkylation sites (N-methyl/N-ethyl adjacent to an activating group) is 1. The Morgan fingerprint density at radius 2 is 1.71 bits per heavy atom. The van der Waals surface area contributed by atoms with Gasteiger partial charge in [-0.3, -0.25) is 4.90 Å². The monoisotopic (exact) mass is 195 g/mol. The number of hydrogen-bond donors (Lipinski definition) is 0. The highest BCUT2D eigenvalue weighted by atomic mass is 15.1. The molecule has 0 spiro atoms. The smallest absolute Gasteiger partial charge is 0.0265 e. The standard InChI is InChI=1S/C13H25N/c1-7-14(8-2)11-12(3)9-10-13(4,5)6/h10H,7-8,11H2,1-6H3. The molecule has 1 heteroatoms. The van der Waals surface area contributed by atoms with Gasteiger partial charge >= 0.3 is 0 Å². The summed E-state index contributed by atoms with van der Waals surface area (Å²) in [5, 5.41) is 0. The molecule has 0 atom stereocenters. The van der Waals surface area contributed by atoms with E-state index in [4.69, 9.17) is 0 Å². The zero-order valence-corrected chi connectivity index (χ0v) is 10.6. The molecule has 1 nitrogen and oxygen atoms in total. The topological polar surface area (TPSA) is 3.24 Å². The van der Waals surface area contributed by atoms with Gasteiger partial charge in [0.2, 0.25) is 0 Å². The lowest BCUT2D eigenvalue weighted by Crippen LogP contribution is -2.24. The van der Waals surface area contributed by atoms with E-state index in [9.17, 15) is 0 Å². The van der Waals surface area contributed by atoms with Gasteiger partial charge in [0.05, 0.1) is 0 Å². The third-order valence-electron chi connectivity index (χ3n) is 2.11. The van der Waals surface area contributed by atoms with E-state index in [1.807, 2.05) is 0 Å². The third-order valence-corrected chi connectivity index (χ3v) is 2.11. The van der Waals surface area contributed by atoms with Crippen molar-refractivity contribution in [3.63, 3.8) is 0 Å². The summed E-state index contributed by atoms with van der Waals surface area (Å²) < 4.78 is 0. The van der Waals surface area contributed by atoms with E-state index in [0.717, 1.165) is 19.6 Å². The molecule has 0 aliphatic carbocycles. The van der Waals surface area contributed by atoms with Crippen LogP contribution in [0.5, 0.6) is 0 Å². The fourth-order valence-electron chi connectivity index (χ4n) is 1.17. The highest BCUT2D eigenvalue weighted by molar-refractivity contribution is 5.03. The van der Waals surface area contributed by atoms with Gasteiger partial charge in [-0.2, -0.15) is 0 Å². The highest BCUT2D eigenvalue weighted by Crippen LogP contribution is 2.14. The first kappa shape index (κ1) is 13.5. The van der Waals surface area contributed by atoms with Gasteiger partial charge in [0.15, 0.2) is 0 Å². The second-order valence-corrected chi connectivity index (χ2v) is 4.90. The summed E-state index contributed by atoms with van der Waals surface area (Å²) in [5.74, 6) is 0. The van der Waals surface area contributed by atoms with Crippen molar-refractivity contribution >= 4 is 0 Å². The van der Waals surface area contributed by atoms with Crippen LogP contribution in [0.2, 0.25) is 0 Å². The van der Waals surface area contributed by atoms with Crippen molar-refractivity contribution in [2.45, 2.75) is 41.5 Å². The summed E-state index contributed by atoms with van der Waals surface area (Å²) in [5.41, 5.74) is 4.94. The minimum Gasteiger partial charge on any atom is -0.299 e. The molecule has 0 N–H and O–H groups in total. The maximum atomic E-state index is 3.37. The molecule has 0 aliphatic heterocycles. The largest absolute Gasteiger partial charge is 0.299 e. The van der Waals surface area contributed by atoms with Gasteiger partial charge in [-0.25, -0.2) is 0 Å². The average Bonchev–Trinajstić information content (AvgIpc) is 2.09. The first-order chi connectivity index (χ1) is 6.39. The van der Waals surface area contributed by atoms with Crippen LogP contribution >= 0.6 is 0 Å². The van der Waals surface area contributed by atoms with Gasteiger partial charge in [0.1, 0.15) is 0 Å². The molecule has 0 saturated heterocycles. The van der Waals surface area contributed by atoms with Gasteiger partial charge in [0.25, 0.3) is 0 Å². The quantitative estimate of drug-likeness (QED) is 0.621. The number of rotatable bonds is 4. The average molecular weight is 195 g/mol. The van der Waals surface area contributed by atoms with Crippen LogP contribution in [0.25, 0.3) is 0 Å². The Balaban J connectivity index is 4.32. The Kier molecular flexibility index (Phi) is 5.83. The van der Waals surface area contributed by atoms with E-state index < -0.39 is 0 Å². The zero-order chi connectivity index (χ0) is 11.2. The molecule has 0 aromatic rings. The molecule has 0 bridgehead atoms. The molecule has 0 radical (unpaired) electrons. The molecular formula is C13H25N. The van der Waals surface area contributed by atoms with E-state index in [1.54, 1.807) is 0 Å². The Morgan fingerprint density at radius 3 is 2.07 bits per heavy atom. The normalized spacial score (nSPS) is 11.4. The zero-order valence-electron chi connectivity index (χ0n) is 10.6. The lowest BCUT2D eigenvalue weighted by Gasteiger charge is -2.17. The maximum Gasteiger partial charge on any atom is 0.0265 e. The molecule has 0 aliphatic rings. The summed E-state index contributed by atoms with van der Waals surface area (Å²) in [6, 6.07) is 0. The van der Waals surface area contributed by atoms with E-state index in [0.29, 0.717) is 0 Å². The Morgan fingerprint density at radius 1 is 1.21 bits per heavy atom. The molecule has 0 amide bonds. The van der Waals surface area contributed by atoms with Crippen LogP contribution < -0.4 is 0 Å². The minimum absolute atomic E-state index is 0.241. The lowest BCUT2D eigenvalue weighted by molar-refractivity contribution is 0.330. The van der Waals surface area contributed by atoms with E-state index in [1.165, 1.54) is 5.57 Å². The van der Waals surface area contributed by atoms with Gasteiger partial charge in [-0.1, -0.05) is 34.6 Å². The number of hydrogen-bond acceptors (Lipinski definition) is 1. The van der Waals surface area contributed by atoms with E-state index in [-0.39, 0.29) is 5.41 Å². The van der Waals surface area contributed by atoms with Crippen molar-refractivity contribution in [1.82, 2.24) is 4.90 Å². The molecule has 0 saturated carbocycles. The number of nitrogens with zero attached hydrogens (tertiary/aromatic N) is 1. The second-order valence-electron chi connectivity index (χ2n) is 4.90. The van der Waals surface area contributed by atoms with Crippen LogP contribution in [0.15, 0.2) is 17.4 Å². The Hall–Kier alpha value is -0.520. The van der Waals surface area contributed by atoms with Gasteiger partial charge in [-0.15, -0.1) is 5.73 Å². The summed E-state index contributed by atoms with van der Waals surface area (Å²) in [6.07, 6.45) is 2.16. The summed E-state index contributed by atoms with van der Waals surface area (Å²) in [6.45, 7) is 16.4. The van der Waals surface area contributed by atoms with Gasteiger partial charge in [0, 0.05) is 6.54 Å². The van der Waals surface area contributed by atoms with Crippen LogP contribution in [0, 0.1) is 5.41 Å². The molecule has 0 rings (SSSR count). The van der Waals surface area contributed by atoms with Gasteiger partial charge in [-0.05, 0) is 37.1 Å². The van der Waals surface area contributed by atoms with Crippen LogP contribution in [0.4, 0.5) is 0 Å². The van der Waals surface area contributed by atoms with E-state index >= 15 is 0 Å². The molecule has 0 unspecified atom stereocenters. The van der Waals surface area contributed by atoms with Crippen molar-refractivity contribution in [1.29, 1.82) is 0 Å². The molecule has 0 fully saturated rings. The van der Waals surface area contributed by atoms with Gasteiger partial charge < -0.3 is 0 Å². The van der Waals surface area contributed by atoms with Crippen molar-refractivity contribution in [2.24, 2.45) is 5.41 Å². The van der Waals surface area contributed by atoms with Crippen molar-refractivity contribution in [2.75, 3.05) is 19.6 Å². The summed E-state index contributed by atoms with van der Waals surface area (Å²) in [7, 11) is 0. The molecule has 14 heavy (non-hydrogen) atoms. The first-order valence-corrected chi connectivity index (χ1v) is 5.54. The highest BCUT2D eigenvalue weighted by Gasteiger charge is 2.03. The van der Waals surface area contributed by atoms with Crippen LogP contribution in [-0.4, -0.2) is 24.5 Å². The van der Waals surface area contributed by atoms with E-state index in [2.05, 4.69) is 58.2 Å². The Labute approximate surface area is 89.5 Å². The molecule has 0 aromatic carbocycles. The third kappa shape index (κ3) is 6.94. The Bertz CT molecular complexity index is 210. The molecular weight excluding hydrogens is 170 g/mol. The van der Waals surface area contributed by atoms with Crippen molar-refractivity contribution < 1.29 is 0 Å². The van der Waals surface area contributed by atoms with Crippen LogP contribution in [-0.2, 0) is 0 Å².